The molecule has 0 fully saturated rings. The molecule has 24 heavy (non-hydrogen) atoms. The Kier molecular flexibility index (Phi) is 4.07. The lowest BCUT2D eigenvalue weighted by Crippen LogP contribution is -2.03. The van der Waals surface area contributed by atoms with Crippen molar-refractivity contribution in [3.05, 3.63) is 53.9 Å². The van der Waals surface area contributed by atoms with Gasteiger partial charge in [-0.05, 0) is 48.9 Å². The van der Waals surface area contributed by atoms with Crippen LogP contribution in [0.4, 0.5) is 0 Å². The van der Waals surface area contributed by atoms with Gasteiger partial charge in [0.05, 0.1) is 12.7 Å². The molecule has 2 heterocycles. The highest BCUT2D eigenvalue weighted by atomic mass is 16.5. The molecule has 0 radical (unpaired) electrons. The lowest BCUT2D eigenvalue weighted by Gasteiger charge is -2.13. The van der Waals surface area contributed by atoms with E-state index in [1.807, 2.05) is 18.6 Å². The van der Waals surface area contributed by atoms with Crippen LogP contribution in [0.25, 0.3) is 11.4 Å². The molecule has 0 bridgehead atoms. The number of aromatic amines is 1. The fourth-order valence-electron chi connectivity index (χ4n) is 3.53. The first-order valence-electron chi connectivity index (χ1n) is 8.54. The van der Waals surface area contributed by atoms with Gasteiger partial charge in [0.15, 0.2) is 0 Å². The topological polar surface area (TPSA) is 55.7 Å². The Morgan fingerprint density at radius 1 is 1.17 bits per heavy atom. The summed E-state index contributed by atoms with van der Waals surface area (Å²) in [5.41, 5.74) is 3.96. The molecule has 1 aliphatic rings. The van der Waals surface area contributed by atoms with Gasteiger partial charge >= 0.3 is 0 Å². The van der Waals surface area contributed by atoms with Crippen molar-refractivity contribution in [3.8, 4) is 17.1 Å². The van der Waals surface area contributed by atoms with Crippen molar-refractivity contribution < 1.29 is 4.74 Å². The lowest BCUT2D eigenvalue weighted by molar-refractivity contribution is 0.415. The number of nitrogens with zero attached hydrogens (tertiary/aromatic N) is 3. The highest BCUT2D eigenvalue weighted by Crippen LogP contribution is 2.35. The van der Waals surface area contributed by atoms with Gasteiger partial charge in [-0.3, -0.25) is 0 Å². The molecule has 5 nitrogen and oxygen atoms in total. The number of imidazole rings is 2. The third-order valence-electron chi connectivity index (χ3n) is 4.74. The van der Waals surface area contributed by atoms with Crippen molar-refractivity contribution in [2.45, 2.75) is 38.6 Å². The van der Waals surface area contributed by atoms with E-state index in [9.17, 15) is 0 Å². The second-order valence-corrected chi connectivity index (χ2v) is 6.26. The largest absolute Gasteiger partial charge is 0.496 e. The van der Waals surface area contributed by atoms with Crippen LogP contribution < -0.4 is 4.74 Å². The summed E-state index contributed by atoms with van der Waals surface area (Å²) >= 11 is 0. The Hall–Kier alpha value is -2.56. The lowest BCUT2D eigenvalue weighted by atomic mass is 10.0. The number of fused-ring (bicyclic) bond motifs is 1. The van der Waals surface area contributed by atoms with Crippen LogP contribution in [-0.4, -0.2) is 26.6 Å². The molecule has 0 unspecified atom stereocenters. The Balaban J connectivity index is 1.58. The number of ether oxygens (including phenoxy) is 1. The summed E-state index contributed by atoms with van der Waals surface area (Å²) in [7, 11) is 1.74. The van der Waals surface area contributed by atoms with E-state index in [-0.39, 0.29) is 0 Å². The van der Waals surface area contributed by atoms with Crippen LogP contribution in [0.5, 0.6) is 5.75 Å². The second kappa shape index (κ2) is 6.51. The molecular formula is C19H22N4O. The van der Waals surface area contributed by atoms with E-state index in [2.05, 4.69) is 31.7 Å². The van der Waals surface area contributed by atoms with Crippen LogP contribution in [0.3, 0.4) is 0 Å². The molecule has 0 amide bonds. The average Bonchev–Trinajstić information content (AvgIpc) is 3.35. The monoisotopic (exact) mass is 322 g/mol. The highest BCUT2D eigenvalue weighted by molar-refractivity contribution is 5.67. The minimum atomic E-state index is 0.913. The summed E-state index contributed by atoms with van der Waals surface area (Å²) in [6.45, 7) is 0.913. The summed E-state index contributed by atoms with van der Waals surface area (Å²) in [6.07, 6.45) is 13.1. The molecule has 0 saturated carbocycles. The van der Waals surface area contributed by atoms with Gasteiger partial charge in [-0.2, -0.15) is 0 Å². The maximum atomic E-state index is 5.64. The van der Waals surface area contributed by atoms with Crippen molar-refractivity contribution in [3.63, 3.8) is 0 Å². The summed E-state index contributed by atoms with van der Waals surface area (Å²) in [5, 5.41) is 0. The normalized spacial score (nSPS) is 13.2. The van der Waals surface area contributed by atoms with Crippen LogP contribution in [0, 0.1) is 0 Å². The number of nitrogens with one attached hydrogen (secondary N) is 1. The molecule has 5 heteroatoms. The molecule has 4 rings (SSSR count). The SMILES string of the molecule is COc1cc2c(cc1-c1nccn1CCCc1ncc[nH]1)CCC2. The fraction of sp³-hybridized carbons (Fsp3) is 0.368. The average molecular weight is 322 g/mol. The number of methoxy groups -OCH3 is 1. The molecule has 0 saturated heterocycles. The molecule has 1 N–H and O–H groups in total. The van der Waals surface area contributed by atoms with Gasteiger partial charge in [-0.25, -0.2) is 9.97 Å². The molecule has 2 aromatic heterocycles. The zero-order chi connectivity index (χ0) is 16.4. The first-order chi connectivity index (χ1) is 11.8. The first-order valence-corrected chi connectivity index (χ1v) is 8.54. The number of H-pyrrole nitrogens is 1. The van der Waals surface area contributed by atoms with Crippen molar-refractivity contribution in [2.24, 2.45) is 0 Å². The molecule has 1 aliphatic carbocycles. The first kappa shape index (κ1) is 15.0. The molecule has 0 aliphatic heterocycles. The standard InChI is InChI=1S/C19H22N4O/c1-24-17-13-15-5-2-4-14(15)12-16(17)19-22-9-11-23(19)10-3-6-18-20-7-8-21-18/h7-9,11-13H,2-6,10H2,1H3,(H,20,21). The van der Waals surface area contributed by atoms with E-state index in [0.29, 0.717) is 0 Å². The Bertz CT molecular complexity index is 820. The maximum absolute atomic E-state index is 5.64. The second-order valence-electron chi connectivity index (χ2n) is 6.26. The number of rotatable bonds is 6. The van der Waals surface area contributed by atoms with Crippen molar-refractivity contribution in [1.29, 1.82) is 0 Å². The summed E-state index contributed by atoms with van der Waals surface area (Å²) in [6, 6.07) is 4.46. The van der Waals surface area contributed by atoms with E-state index in [1.54, 1.807) is 13.3 Å². The van der Waals surface area contributed by atoms with Crippen molar-refractivity contribution >= 4 is 0 Å². The Morgan fingerprint density at radius 2 is 2.04 bits per heavy atom. The van der Waals surface area contributed by atoms with E-state index in [4.69, 9.17) is 4.74 Å². The molecule has 3 aromatic rings. The van der Waals surface area contributed by atoms with Crippen molar-refractivity contribution in [1.82, 2.24) is 19.5 Å². The van der Waals surface area contributed by atoms with Crippen LogP contribution in [0.15, 0.2) is 36.9 Å². The molecule has 0 atom stereocenters. The van der Waals surface area contributed by atoms with E-state index in [1.165, 1.54) is 17.5 Å². The van der Waals surface area contributed by atoms with Gasteiger partial charge in [0.2, 0.25) is 0 Å². The van der Waals surface area contributed by atoms with Crippen LogP contribution in [-0.2, 0) is 25.8 Å². The number of benzene rings is 1. The number of hydrogen-bond acceptors (Lipinski definition) is 3. The van der Waals surface area contributed by atoms with Crippen LogP contribution in [0.2, 0.25) is 0 Å². The predicted octanol–water partition coefficient (Wildman–Crippen LogP) is 3.40. The zero-order valence-corrected chi connectivity index (χ0v) is 14.0. The highest BCUT2D eigenvalue weighted by Gasteiger charge is 2.18. The van der Waals surface area contributed by atoms with Crippen molar-refractivity contribution in [2.75, 3.05) is 7.11 Å². The smallest absolute Gasteiger partial charge is 0.143 e. The van der Waals surface area contributed by atoms with Gasteiger partial charge in [-0.1, -0.05) is 0 Å². The molecule has 0 spiro atoms. The van der Waals surface area contributed by atoms with E-state index < -0.39 is 0 Å². The third kappa shape index (κ3) is 2.82. The van der Waals surface area contributed by atoms with E-state index in [0.717, 1.165) is 55.2 Å². The Morgan fingerprint density at radius 3 is 2.83 bits per heavy atom. The molecular weight excluding hydrogens is 300 g/mol. The number of hydrogen-bond donors (Lipinski definition) is 1. The van der Waals surface area contributed by atoms with Gasteiger partial charge in [0.25, 0.3) is 0 Å². The predicted molar refractivity (Wildman–Crippen MR) is 93.1 cm³/mol. The quantitative estimate of drug-likeness (QED) is 0.757. The van der Waals surface area contributed by atoms with Crippen LogP contribution >= 0.6 is 0 Å². The zero-order valence-electron chi connectivity index (χ0n) is 14.0. The van der Waals surface area contributed by atoms with E-state index >= 15 is 0 Å². The van der Waals surface area contributed by atoms with Gasteiger partial charge in [0.1, 0.15) is 17.4 Å². The fourth-order valence-corrected chi connectivity index (χ4v) is 3.53. The summed E-state index contributed by atoms with van der Waals surface area (Å²) < 4.78 is 7.85. The van der Waals surface area contributed by atoms with Crippen LogP contribution in [0.1, 0.15) is 29.8 Å². The molecule has 124 valence electrons. The van der Waals surface area contributed by atoms with Gasteiger partial charge in [-0.15, -0.1) is 0 Å². The number of aryl methyl sites for hydroxylation is 4. The van der Waals surface area contributed by atoms with Gasteiger partial charge < -0.3 is 14.3 Å². The maximum Gasteiger partial charge on any atom is 0.143 e. The number of aromatic nitrogens is 4. The molecule has 1 aromatic carbocycles. The summed E-state index contributed by atoms with van der Waals surface area (Å²) in [5.74, 6) is 2.95. The van der Waals surface area contributed by atoms with Gasteiger partial charge in [0, 0.05) is 37.8 Å². The minimum absolute atomic E-state index is 0.913. The Labute approximate surface area is 141 Å². The third-order valence-corrected chi connectivity index (χ3v) is 4.74. The summed E-state index contributed by atoms with van der Waals surface area (Å²) in [4.78, 5) is 12.0. The minimum Gasteiger partial charge on any atom is -0.496 e.